The van der Waals surface area contributed by atoms with Gasteiger partial charge >= 0.3 is 6.03 Å². The van der Waals surface area contributed by atoms with Crippen LogP contribution in [0.3, 0.4) is 0 Å². The van der Waals surface area contributed by atoms with Gasteiger partial charge in [-0.1, -0.05) is 12.8 Å². The minimum absolute atomic E-state index is 0.112. The van der Waals surface area contributed by atoms with Crippen molar-refractivity contribution in [3.63, 3.8) is 0 Å². The van der Waals surface area contributed by atoms with Crippen LogP contribution in [0.5, 0.6) is 0 Å². The fraction of sp³-hybridized carbons (Fsp3) is 0.929. The predicted molar refractivity (Wildman–Crippen MR) is 72.9 cm³/mol. The molecular formula is C14H26N2O3. The van der Waals surface area contributed by atoms with E-state index in [9.17, 15) is 9.90 Å². The van der Waals surface area contributed by atoms with Crippen LogP contribution in [0.4, 0.5) is 4.79 Å². The van der Waals surface area contributed by atoms with Gasteiger partial charge in [0.1, 0.15) is 0 Å². The minimum Gasteiger partial charge on any atom is -0.396 e. The number of hydrogen-bond acceptors (Lipinski definition) is 3. The SMILES string of the molecule is COCC(NC(=O)NC1CCCCC1CO)C1CC1. The topological polar surface area (TPSA) is 70.6 Å². The van der Waals surface area contributed by atoms with Crippen LogP contribution in [0.1, 0.15) is 38.5 Å². The highest BCUT2D eigenvalue weighted by Gasteiger charge is 2.33. The number of methoxy groups -OCH3 is 1. The van der Waals surface area contributed by atoms with Crippen molar-refractivity contribution in [1.29, 1.82) is 0 Å². The third-order valence-corrected chi connectivity index (χ3v) is 4.31. The Morgan fingerprint density at radius 3 is 2.68 bits per heavy atom. The molecule has 2 aliphatic rings. The van der Waals surface area contributed by atoms with Gasteiger partial charge in [-0.2, -0.15) is 0 Å². The van der Waals surface area contributed by atoms with E-state index in [1.165, 1.54) is 12.8 Å². The molecular weight excluding hydrogens is 244 g/mol. The Morgan fingerprint density at radius 2 is 2.05 bits per heavy atom. The molecule has 0 aliphatic heterocycles. The molecule has 0 heterocycles. The van der Waals surface area contributed by atoms with E-state index in [0.29, 0.717) is 12.5 Å². The van der Waals surface area contributed by atoms with E-state index in [-0.39, 0.29) is 30.6 Å². The van der Waals surface area contributed by atoms with Crippen LogP contribution in [0, 0.1) is 11.8 Å². The molecule has 2 aliphatic carbocycles. The van der Waals surface area contributed by atoms with Gasteiger partial charge in [0.05, 0.1) is 12.6 Å². The van der Waals surface area contributed by atoms with Crippen LogP contribution in [-0.4, -0.2) is 43.5 Å². The van der Waals surface area contributed by atoms with Crippen LogP contribution in [0.2, 0.25) is 0 Å². The molecule has 0 saturated heterocycles. The summed E-state index contributed by atoms with van der Waals surface area (Å²) in [4.78, 5) is 12.0. The maximum absolute atomic E-state index is 12.0. The van der Waals surface area contributed by atoms with Crippen molar-refractivity contribution in [3.05, 3.63) is 0 Å². The van der Waals surface area contributed by atoms with Gasteiger partial charge in [0.15, 0.2) is 0 Å². The molecule has 110 valence electrons. The molecule has 5 heteroatoms. The maximum Gasteiger partial charge on any atom is 0.315 e. The van der Waals surface area contributed by atoms with Gasteiger partial charge < -0.3 is 20.5 Å². The minimum atomic E-state index is -0.112. The number of amides is 2. The lowest BCUT2D eigenvalue weighted by molar-refractivity contribution is 0.143. The van der Waals surface area contributed by atoms with E-state index < -0.39 is 0 Å². The summed E-state index contributed by atoms with van der Waals surface area (Å²) >= 11 is 0. The van der Waals surface area contributed by atoms with Crippen molar-refractivity contribution >= 4 is 6.03 Å². The van der Waals surface area contributed by atoms with Gasteiger partial charge in [-0.3, -0.25) is 0 Å². The Labute approximate surface area is 115 Å². The average Bonchev–Trinajstić information content (AvgIpc) is 3.23. The van der Waals surface area contributed by atoms with Gasteiger partial charge in [-0.05, 0) is 31.6 Å². The van der Waals surface area contributed by atoms with Crippen molar-refractivity contribution in [3.8, 4) is 0 Å². The molecule has 3 N–H and O–H groups in total. The second-order valence-corrected chi connectivity index (χ2v) is 5.85. The largest absolute Gasteiger partial charge is 0.396 e. The fourth-order valence-electron chi connectivity index (χ4n) is 2.97. The molecule has 3 unspecified atom stereocenters. The number of aliphatic hydroxyl groups is 1. The number of urea groups is 1. The number of aliphatic hydroxyl groups excluding tert-OH is 1. The molecule has 3 atom stereocenters. The van der Waals surface area contributed by atoms with Crippen LogP contribution < -0.4 is 10.6 Å². The van der Waals surface area contributed by atoms with E-state index in [1.807, 2.05) is 0 Å². The van der Waals surface area contributed by atoms with Crippen molar-refractivity contribution < 1.29 is 14.6 Å². The molecule has 2 fully saturated rings. The quantitative estimate of drug-likeness (QED) is 0.680. The smallest absolute Gasteiger partial charge is 0.315 e. The van der Waals surface area contributed by atoms with E-state index in [1.54, 1.807) is 7.11 Å². The number of rotatable bonds is 6. The molecule has 0 bridgehead atoms. The van der Waals surface area contributed by atoms with Gasteiger partial charge in [-0.25, -0.2) is 4.79 Å². The third-order valence-electron chi connectivity index (χ3n) is 4.31. The number of nitrogens with one attached hydrogen (secondary N) is 2. The van der Waals surface area contributed by atoms with Crippen molar-refractivity contribution in [2.24, 2.45) is 11.8 Å². The first kappa shape index (κ1) is 14.6. The molecule has 5 nitrogen and oxygen atoms in total. The Bertz CT molecular complexity index is 294. The number of carbonyl (C=O) groups excluding carboxylic acids is 1. The zero-order valence-electron chi connectivity index (χ0n) is 11.7. The van der Waals surface area contributed by atoms with Gasteiger partial charge in [0.2, 0.25) is 0 Å². The van der Waals surface area contributed by atoms with Crippen molar-refractivity contribution in [2.75, 3.05) is 20.3 Å². The van der Waals surface area contributed by atoms with Gasteiger partial charge in [0.25, 0.3) is 0 Å². The monoisotopic (exact) mass is 270 g/mol. The summed E-state index contributed by atoms with van der Waals surface area (Å²) in [6, 6.07) is 0.126. The molecule has 0 aromatic rings. The van der Waals surface area contributed by atoms with Gasteiger partial charge in [-0.15, -0.1) is 0 Å². The number of hydrogen-bond donors (Lipinski definition) is 3. The lowest BCUT2D eigenvalue weighted by Crippen LogP contribution is -2.51. The Hall–Kier alpha value is -0.810. The summed E-state index contributed by atoms with van der Waals surface area (Å²) in [6.45, 7) is 0.737. The lowest BCUT2D eigenvalue weighted by Gasteiger charge is -2.31. The highest BCUT2D eigenvalue weighted by Crippen LogP contribution is 2.32. The zero-order chi connectivity index (χ0) is 13.7. The number of ether oxygens (including phenoxy) is 1. The molecule has 0 spiro atoms. The third kappa shape index (κ3) is 4.35. The van der Waals surface area contributed by atoms with Crippen LogP contribution in [0.15, 0.2) is 0 Å². The standard InChI is InChI=1S/C14H26N2O3/c1-19-9-13(10-6-7-10)16-14(18)15-12-5-3-2-4-11(12)8-17/h10-13,17H,2-9H2,1H3,(H2,15,16,18). The second kappa shape index (κ2) is 7.10. The molecule has 2 amide bonds. The fourth-order valence-corrected chi connectivity index (χ4v) is 2.97. The summed E-state index contributed by atoms with van der Waals surface area (Å²) in [5.41, 5.74) is 0. The summed E-state index contributed by atoms with van der Waals surface area (Å²) in [6.07, 6.45) is 6.61. The maximum atomic E-state index is 12.0. The first-order chi connectivity index (χ1) is 9.24. The highest BCUT2D eigenvalue weighted by molar-refractivity contribution is 5.74. The van der Waals surface area contributed by atoms with E-state index in [2.05, 4.69) is 10.6 Å². The molecule has 0 radical (unpaired) electrons. The van der Waals surface area contributed by atoms with Crippen LogP contribution in [-0.2, 0) is 4.74 Å². The Morgan fingerprint density at radius 1 is 1.32 bits per heavy atom. The lowest BCUT2D eigenvalue weighted by atomic mass is 9.85. The van der Waals surface area contributed by atoms with E-state index >= 15 is 0 Å². The average molecular weight is 270 g/mol. The van der Waals surface area contributed by atoms with E-state index in [4.69, 9.17) is 4.74 Å². The second-order valence-electron chi connectivity index (χ2n) is 5.85. The summed E-state index contributed by atoms with van der Waals surface area (Å²) in [5.74, 6) is 0.784. The van der Waals surface area contributed by atoms with Crippen molar-refractivity contribution in [2.45, 2.75) is 50.6 Å². The normalized spacial score (nSPS) is 28.7. The molecule has 19 heavy (non-hydrogen) atoms. The number of carbonyl (C=O) groups is 1. The Balaban J connectivity index is 1.78. The summed E-state index contributed by atoms with van der Waals surface area (Å²) in [5, 5.41) is 15.4. The molecule has 0 aromatic carbocycles. The van der Waals surface area contributed by atoms with E-state index in [0.717, 1.165) is 25.7 Å². The van der Waals surface area contributed by atoms with Crippen molar-refractivity contribution in [1.82, 2.24) is 10.6 Å². The predicted octanol–water partition coefficient (Wildman–Crippen LogP) is 1.26. The molecule has 2 saturated carbocycles. The molecule has 2 rings (SSSR count). The summed E-state index contributed by atoms with van der Waals surface area (Å²) in [7, 11) is 1.66. The summed E-state index contributed by atoms with van der Waals surface area (Å²) < 4.78 is 5.16. The first-order valence-electron chi connectivity index (χ1n) is 7.41. The van der Waals surface area contributed by atoms with Crippen LogP contribution >= 0.6 is 0 Å². The Kier molecular flexibility index (Phi) is 5.45. The highest BCUT2D eigenvalue weighted by atomic mass is 16.5. The molecule has 0 aromatic heterocycles. The van der Waals surface area contributed by atoms with Crippen LogP contribution in [0.25, 0.3) is 0 Å². The first-order valence-corrected chi connectivity index (χ1v) is 7.41. The zero-order valence-corrected chi connectivity index (χ0v) is 11.7. The van der Waals surface area contributed by atoms with Gasteiger partial charge in [0, 0.05) is 25.7 Å².